The monoisotopic (exact) mass is 250 g/mol. The Bertz CT molecular complexity index is 423. The average Bonchev–Trinajstić information content (AvgIpc) is 2.69. The van der Waals surface area contributed by atoms with Crippen LogP contribution >= 0.6 is 0 Å². The molecule has 0 aromatic heterocycles. The summed E-state index contributed by atoms with van der Waals surface area (Å²) in [4.78, 5) is 13.7. The number of hydrogen-bond donors (Lipinski definition) is 3. The summed E-state index contributed by atoms with van der Waals surface area (Å²) in [5.74, 6) is -0.288. The van der Waals surface area contributed by atoms with Gasteiger partial charge in [0.25, 0.3) is 0 Å². The summed E-state index contributed by atoms with van der Waals surface area (Å²) in [6.45, 7) is 1.89. The van der Waals surface area contributed by atoms with Gasteiger partial charge < -0.3 is 20.8 Å². The molecule has 1 aromatic rings. The number of β-amino-alcohol motifs (C(OH)–C–C–N with tert-alkyl or cyclic N) is 2. The fourth-order valence-electron chi connectivity index (χ4n) is 2.17. The van der Waals surface area contributed by atoms with Crippen LogP contribution in [0, 0.1) is 0 Å². The van der Waals surface area contributed by atoms with Crippen molar-refractivity contribution in [2.75, 3.05) is 13.1 Å². The molecule has 3 atom stereocenters. The van der Waals surface area contributed by atoms with Gasteiger partial charge in [0, 0.05) is 13.1 Å². The van der Waals surface area contributed by atoms with E-state index in [-0.39, 0.29) is 19.0 Å². The van der Waals surface area contributed by atoms with Gasteiger partial charge in [-0.1, -0.05) is 30.3 Å². The average molecular weight is 250 g/mol. The van der Waals surface area contributed by atoms with E-state index in [2.05, 4.69) is 0 Å². The number of hydrogen-bond acceptors (Lipinski definition) is 4. The van der Waals surface area contributed by atoms with Crippen molar-refractivity contribution in [3.05, 3.63) is 35.9 Å². The van der Waals surface area contributed by atoms with Crippen LogP contribution in [0.4, 0.5) is 0 Å². The van der Waals surface area contributed by atoms with Crippen LogP contribution < -0.4 is 5.73 Å². The highest BCUT2D eigenvalue weighted by atomic mass is 16.3. The van der Waals surface area contributed by atoms with Crippen molar-refractivity contribution in [1.29, 1.82) is 0 Å². The fraction of sp³-hybridized carbons (Fsp3) is 0.462. The fourth-order valence-corrected chi connectivity index (χ4v) is 2.17. The van der Waals surface area contributed by atoms with E-state index in [1.807, 2.05) is 18.2 Å². The molecule has 0 saturated carbocycles. The van der Waals surface area contributed by atoms with E-state index in [9.17, 15) is 15.0 Å². The smallest absolute Gasteiger partial charge is 0.247 e. The maximum atomic E-state index is 12.3. The normalized spacial score (nSPS) is 27.0. The molecule has 5 heteroatoms. The van der Waals surface area contributed by atoms with Gasteiger partial charge in [0.1, 0.15) is 5.54 Å². The molecular formula is C13H18N2O3. The van der Waals surface area contributed by atoms with Crippen molar-refractivity contribution in [2.45, 2.75) is 24.7 Å². The maximum Gasteiger partial charge on any atom is 0.247 e. The summed E-state index contributed by atoms with van der Waals surface area (Å²) in [5, 5.41) is 18.9. The van der Waals surface area contributed by atoms with Crippen molar-refractivity contribution in [1.82, 2.24) is 4.90 Å². The Balaban J connectivity index is 2.18. The lowest BCUT2D eigenvalue weighted by molar-refractivity contribution is -0.136. The Hall–Kier alpha value is -1.43. The van der Waals surface area contributed by atoms with Crippen LogP contribution in [0.2, 0.25) is 0 Å². The van der Waals surface area contributed by atoms with E-state index in [0.717, 1.165) is 0 Å². The van der Waals surface area contributed by atoms with Crippen molar-refractivity contribution in [3.63, 3.8) is 0 Å². The van der Waals surface area contributed by atoms with Gasteiger partial charge in [-0.25, -0.2) is 0 Å². The number of carbonyl (C=O) groups is 1. The number of amides is 1. The Labute approximate surface area is 106 Å². The van der Waals surface area contributed by atoms with Gasteiger partial charge in [-0.05, 0) is 12.5 Å². The van der Waals surface area contributed by atoms with Gasteiger partial charge in [-0.2, -0.15) is 0 Å². The molecule has 18 heavy (non-hydrogen) atoms. The van der Waals surface area contributed by atoms with Gasteiger partial charge in [-0.15, -0.1) is 0 Å². The minimum absolute atomic E-state index is 0.125. The van der Waals surface area contributed by atoms with Gasteiger partial charge in [0.15, 0.2) is 0 Å². The molecular weight excluding hydrogens is 232 g/mol. The summed E-state index contributed by atoms with van der Waals surface area (Å²) in [7, 11) is 0. The molecule has 98 valence electrons. The number of likely N-dealkylation sites (tertiary alicyclic amines) is 1. The first kappa shape index (κ1) is 13.0. The van der Waals surface area contributed by atoms with E-state index in [0.29, 0.717) is 5.56 Å². The Morgan fingerprint density at radius 1 is 1.28 bits per heavy atom. The van der Waals surface area contributed by atoms with Crippen molar-refractivity contribution in [3.8, 4) is 0 Å². The lowest BCUT2D eigenvalue weighted by atomic mass is 9.92. The SMILES string of the molecule is CC(N)(C(=O)N1CC(O)C(O)C1)c1ccccc1. The van der Waals surface area contributed by atoms with Gasteiger partial charge in [-0.3, -0.25) is 4.79 Å². The first-order chi connectivity index (χ1) is 8.43. The van der Waals surface area contributed by atoms with Crippen molar-refractivity contribution >= 4 is 5.91 Å². The zero-order chi connectivity index (χ0) is 13.3. The molecule has 1 aliphatic rings. The molecule has 1 fully saturated rings. The minimum Gasteiger partial charge on any atom is -0.388 e. The van der Waals surface area contributed by atoms with Gasteiger partial charge in [0.05, 0.1) is 12.2 Å². The molecule has 0 spiro atoms. The highest BCUT2D eigenvalue weighted by Gasteiger charge is 2.40. The van der Waals surface area contributed by atoms with Crippen molar-refractivity contribution in [2.24, 2.45) is 5.73 Å². The van der Waals surface area contributed by atoms with Crippen LogP contribution in [0.25, 0.3) is 0 Å². The Morgan fingerprint density at radius 3 is 2.28 bits per heavy atom. The van der Waals surface area contributed by atoms with E-state index >= 15 is 0 Å². The topological polar surface area (TPSA) is 86.8 Å². The molecule has 1 amide bonds. The lowest BCUT2D eigenvalue weighted by Gasteiger charge is -2.29. The Morgan fingerprint density at radius 2 is 1.78 bits per heavy atom. The zero-order valence-electron chi connectivity index (χ0n) is 10.3. The predicted octanol–water partition coefficient (Wildman–Crippen LogP) is -0.575. The van der Waals surface area contributed by atoms with Crippen molar-refractivity contribution < 1.29 is 15.0 Å². The number of carbonyl (C=O) groups excluding carboxylic acids is 1. The number of benzene rings is 1. The number of rotatable bonds is 2. The Kier molecular flexibility index (Phi) is 3.38. The molecule has 1 aromatic carbocycles. The van der Waals surface area contributed by atoms with E-state index < -0.39 is 17.7 Å². The third-order valence-electron chi connectivity index (χ3n) is 3.36. The highest BCUT2D eigenvalue weighted by Crippen LogP contribution is 2.23. The molecule has 0 radical (unpaired) electrons. The molecule has 1 saturated heterocycles. The predicted molar refractivity (Wildman–Crippen MR) is 66.6 cm³/mol. The first-order valence-electron chi connectivity index (χ1n) is 5.93. The quantitative estimate of drug-likeness (QED) is 0.655. The molecule has 3 unspecified atom stereocenters. The molecule has 2 rings (SSSR count). The largest absolute Gasteiger partial charge is 0.388 e. The maximum absolute atomic E-state index is 12.3. The van der Waals surface area contributed by atoms with Crippen LogP contribution in [0.5, 0.6) is 0 Å². The van der Waals surface area contributed by atoms with Crippen LogP contribution in [-0.4, -0.2) is 46.3 Å². The third-order valence-corrected chi connectivity index (χ3v) is 3.36. The van der Waals surface area contributed by atoms with Crippen LogP contribution in [0.1, 0.15) is 12.5 Å². The summed E-state index contributed by atoms with van der Waals surface area (Å²) in [6.07, 6.45) is -1.78. The number of nitrogens with zero attached hydrogens (tertiary/aromatic N) is 1. The summed E-state index contributed by atoms with van der Waals surface area (Å²) in [5.41, 5.74) is 5.66. The number of nitrogens with two attached hydrogens (primary N) is 1. The first-order valence-corrected chi connectivity index (χ1v) is 5.93. The summed E-state index contributed by atoms with van der Waals surface area (Å²) in [6, 6.07) is 9.08. The van der Waals surface area contributed by atoms with E-state index in [1.54, 1.807) is 19.1 Å². The second kappa shape index (κ2) is 4.68. The number of aliphatic hydroxyl groups excluding tert-OH is 2. The van der Waals surface area contributed by atoms with E-state index in [1.165, 1.54) is 4.90 Å². The molecule has 0 aliphatic carbocycles. The van der Waals surface area contributed by atoms with Crippen LogP contribution in [0.15, 0.2) is 30.3 Å². The molecule has 5 nitrogen and oxygen atoms in total. The highest BCUT2D eigenvalue weighted by molar-refractivity contribution is 5.87. The molecule has 0 bridgehead atoms. The standard InChI is InChI=1S/C13H18N2O3/c1-13(14,9-5-3-2-4-6-9)12(18)15-7-10(16)11(17)8-15/h2-6,10-11,16-17H,7-8,14H2,1H3. The zero-order valence-corrected chi connectivity index (χ0v) is 10.3. The molecule has 1 heterocycles. The summed E-state index contributed by atoms with van der Waals surface area (Å²) >= 11 is 0. The lowest BCUT2D eigenvalue weighted by Crippen LogP contribution is -2.50. The minimum atomic E-state index is -1.15. The van der Waals surface area contributed by atoms with Gasteiger partial charge in [0.2, 0.25) is 5.91 Å². The second-order valence-corrected chi connectivity index (χ2v) is 4.91. The van der Waals surface area contributed by atoms with Gasteiger partial charge >= 0.3 is 0 Å². The number of aliphatic hydroxyl groups is 2. The van der Waals surface area contributed by atoms with E-state index in [4.69, 9.17) is 5.73 Å². The van der Waals surface area contributed by atoms with Crippen LogP contribution in [0.3, 0.4) is 0 Å². The molecule has 4 N–H and O–H groups in total. The third kappa shape index (κ3) is 2.25. The summed E-state index contributed by atoms with van der Waals surface area (Å²) < 4.78 is 0. The molecule has 1 aliphatic heterocycles. The second-order valence-electron chi connectivity index (χ2n) is 4.91. The van der Waals surface area contributed by atoms with Crippen LogP contribution in [-0.2, 0) is 10.3 Å².